The lowest BCUT2D eigenvalue weighted by molar-refractivity contribution is -0.162. The van der Waals surface area contributed by atoms with Crippen LogP contribution in [0.25, 0.3) is 0 Å². The Morgan fingerprint density at radius 1 is 1.13 bits per heavy atom. The second-order valence-corrected chi connectivity index (χ2v) is 17.1. The number of aliphatic hydroxyl groups excluding tert-OH is 1. The van der Waals surface area contributed by atoms with E-state index in [2.05, 4.69) is 66.3 Å². The fourth-order valence-electron chi connectivity index (χ4n) is 11.9. The van der Waals surface area contributed by atoms with E-state index >= 15 is 0 Å². The number of carbonyl (C=O) groups is 2. The molecule has 1 aromatic carbocycles. The van der Waals surface area contributed by atoms with Crippen molar-refractivity contribution >= 4 is 11.8 Å². The number of ketones is 1. The maximum atomic E-state index is 13.8. The number of aliphatic hydroxyl groups is 1. The Morgan fingerprint density at radius 2 is 1.85 bits per heavy atom. The maximum absolute atomic E-state index is 13.8. The van der Waals surface area contributed by atoms with Gasteiger partial charge in [0, 0.05) is 12.0 Å². The van der Waals surface area contributed by atoms with Crippen LogP contribution in [-0.2, 0) is 21.4 Å². The van der Waals surface area contributed by atoms with Gasteiger partial charge in [0.05, 0.1) is 24.0 Å². The van der Waals surface area contributed by atoms with Crippen molar-refractivity contribution < 1.29 is 24.5 Å². The van der Waals surface area contributed by atoms with Crippen LogP contribution in [0.15, 0.2) is 48.1 Å². The number of ether oxygens (including phenoxy) is 1. The first-order valence-electron chi connectivity index (χ1n) is 17.7. The lowest BCUT2D eigenvalue weighted by atomic mass is 9.45. The van der Waals surface area contributed by atoms with E-state index in [0.717, 1.165) is 49.8 Å². The van der Waals surface area contributed by atoms with Gasteiger partial charge in [-0.3, -0.25) is 9.59 Å². The zero-order valence-electron chi connectivity index (χ0n) is 29.4. The van der Waals surface area contributed by atoms with Gasteiger partial charge in [0.15, 0.2) is 0 Å². The molecular weight excluding hydrogens is 572 g/mol. The van der Waals surface area contributed by atoms with Crippen LogP contribution >= 0.6 is 0 Å². The molecule has 5 unspecified atom stereocenters. The van der Waals surface area contributed by atoms with Crippen molar-refractivity contribution in [3.05, 3.63) is 64.8 Å². The van der Waals surface area contributed by atoms with Crippen LogP contribution in [0.4, 0.5) is 0 Å². The van der Waals surface area contributed by atoms with Crippen LogP contribution in [0.1, 0.15) is 116 Å². The lowest BCUT2D eigenvalue weighted by Crippen LogP contribution is -2.58. The first kappa shape index (κ1) is 33.2. The molecule has 5 heteroatoms. The molecule has 46 heavy (non-hydrogen) atoms. The lowest BCUT2D eigenvalue weighted by Gasteiger charge is -2.58. The molecule has 0 spiro atoms. The monoisotopic (exact) mass is 628 g/mol. The highest BCUT2D eigenvalue weighted by atomic mass is 16.5. The molecule has 2 N–H and O–H groups in total. The van der Waals surface area contributed by atoms with Crippen LogP contribution in [0.3, 0.4) is 0 Å². The minimum atomic E-state index is -0.849. The van der Waals surface area contributed by atoms with Crippen LogP contribution < -0.4 is 4.74 Å². The molecular formula is C41H56O5. The summed E-state index contributed by atoms with van der Waals surface area (Å²) >= 11 is 0. The van der Waals surface area contributed by atoms with Crippen molar-refractivity contribution in [1.82, 2.24) is 0 Å². The molecule has 2 fully saturated rings. The molecule has 0 heterocycles. The molecule has 0 amide bonds. The Bertz CT molecular complexity index is 1510. The van der Waals surface area contributed by atoms with Crippen molar-refractivity contribution in [2.75, 3.05) is 7.11 Å². The molecule has 0 aromatic heterocycles. The van der Waals surface area contributed by atoms with Gasteiger partial charge >= 0.3 is 5.97 Å². The predicted molar refractivity (Wildman–Crippen MR) is 183 cm³/mol. The van der Waals surface area contributed by atoms with Gasteiger partial charge in [-0.25, -0.2) is 0 Å². The van der Waals surface area contributed by atoms with E-state index in [1.807, 2.05) is 19.1 Å². The Balaban J connectivity index is 1.39. The zero-order valence-corrected chi connectivity index (χ0v) is 29.4. The van der Waals surface area contributed by atoms with Crippen molar-refractivity contribution in [3.8, 4) is 5.75 Å². The number of fused-ring (bicyclic) bond motifs is 6. The number of benzene rings is 1. The summed E-state index contributed by atoms with van der Waals surface area (Å²) in [6.07, 6.45) is 12.5. The van der Waals surface area contributed by atoms with Gasteiger partial charge in [0.2, 0.25) is 0 Å². The minimum Gasteiger partial charge on any atom is -0.496 e. The zero-order chi connectivity index (χ0) is 33.6. The molecule has 10 atom stereocenters. The first-order chi connectivity index (χ1) is 21.5. The number of hydrogen-bond donors (Lipinski definition) is 2. The number of methoxy groups -OCH3 is 1. The third-order valence-electron chi connectivity index (χ3n) is 14.3. The molecule has 0 aliphatic heterocycles. The van der Waals surface area contributed by atoms with Gasteiger partial charge in [-0.05, 0) is 133 Å². The molecule has 1 aromatic rings. The summed E-state index contributed by atoms with van der Waals surface area (Å²) in [5.74, 6) is 1.50. The highest BCUT2D eigenvalue weighted by Crippen LogP contribution is 2.64. The smallest absolute Gasteiger partial charge is 0.309 e. The van der Waals surface area contributed by atoms with Gasteiger partial charge in [-0.1, -0.05) is 65.5 Å². The minimum absolute atomic E-state index is 0.0239. The number of hydrogen-bond acceptors (Lipinski definition) is 4. The summed E-state index contributed by atoms with van der Waals surface area (Å²) in [5.41, 5.74) is 4.21. The van der Waals surface area contributed by atoms with E-state index < -0.39 is 22.9 Å². The molecule has 250 valence electrons. The Labute approximate surface area is 276 Å². The van der Waals surface area contributed by atoms with Gasteiger partial charge in [-0.15, -0.1) is 0 Å². The van der Waals surface area contributed by atoms with Crippen LogP contribution in [0.2, 0.25) is 0 Å². The van der Waals surface area contributed by atoms with Gasteiger partial charge < -0.3 is 14.9 Å². The van der Waals surface area contributed by atoms with E-state index in [1.165, 1.54) is 22.3 Å². The molecule has 5 aliphatic carbocycles. The second kappa shape index (κ2) is 11.2. The second-order valence-electron chi connectivity index (χ2n) is 17.1. The predicted octanol–water partition coefficient (Wildman–Crippen LogP) is 8.59. The summed E-state index contributed by atoms with van der Waals surface area (Å²) in [7, 11) is 1.73. The summed E-state index contributed by atoms with van der Waals surface area (Å²) in [6.45, 7) is 19.4. The third kappa shape index (κ3) is 4.57. The number of carbonyl (C=O) groups excluding carboxylic acids is 1. The van der Waals surface area contributed by atoms with E-state index in [-0.39, 0.29) is 46.7 Å². The summed E-state index contributed by atoms with van der Waals surface area (Å²) in [5, 5.41) is 21.7. The Morgan fingerprint density at radius 3 is 2.50 bits per heavy atom. The average molecular weight is 629 g/mol. The molecule has 0 bridgehead atoms. The number of carboxylic acids is 1. The largest absolute Gasteiger partial charge is 0.496 e. The normalized spacial score (nSPS) is 40.2. The fraction of sp³-hybridized carbons (Fsp3) is 0.659. The molecule has 0 saturated heterocycles. The number of rotatable bonds is 6. The molecule has 5 aliphatic rings. The summed E-state index contributed by atoms with van der Waals surface area (Å²) < 4.78 is 6.02. The fourth-order valence-corrected chi connectivity index (χ4v) is 11.9. The molecule has 0 radical (unpaired) electrons. The average Bonchev–Trinajstić information content (AvgIpc) is 2.99. The first-order valence-corrected chi connectivity index (χ1v) is 17.7. The highest BCUT2D eigenvalue weighted by Gasteiger charge is 2.60. The van der Waals surface area contributed by atoms with Crippen molar-refractivity contribution in [3.63, 3.8) is 0 Å². The summed E-state index contributed by atoms with van der Waals surface area (Å²) in [4.78, 5) is 26.9. The van der Waals surface area contributed by atoms with Crippen molar-refractivity contribution in [1.29, 1.82) is 0 Å². The van der Waals surface area contributed by atoms with E-state index in [1.54, 1.807) is 7.11 Å². The standard InChI is InChI=1S/C41H56O5/c1-10-26-23(2)11-14-29-27(26)12-18-33-39(29,6)21-25(22-40(33,7)37(44)45)19-24(3)36-28-13-17-32-38(4,5)34(42)20-35(43)41(32,8)30(28)15-16-31(36)46-9/h10,12,15-16,18,23-25,29,32-34,42H,1,11,13-14,17,19-22H2,2-9H3,(H,44,45)/t23-,24?,25?,29?,32?,33?,34+,39-,40-,41-/m1/s1. The SMILES string of the molecule is C=CC1=C2C=CC3[C@](C)(CC(CC(C)c4c(OC)ccc5c4CCC4C(C)(C)[C@@H](O)CC(=O)[C@]54C)C[C@@]3(C)C(=O)O)C2CC[C@H]1C. The van der Waals surface area contributed by atoms with E-state index in [0.29, 0.717) is 18.3 Å². The van der Waals surface area contributed by atoms with Gasteiger partial charge in [-0.2, -0.15) is 0 Å². The number of carboxylic acid groups (broad SMARTS) is 1. The number of aliphatic carboxylic acids is 1. The van der Waals surface area contributed by atoms with Crippen LogP contribution in [-0.4, -0.2) is 35.2 Å². The van der Waals surface area contributed by atoms with E-state index in [4.69, 9.17) is 4.74 Å². The molecule has 2 saturated carbocycles. The van der Waals surface area contributed by atoms with Gasteiger partial charge in [0.1, 0.15) is 11.5 Å². The number of allylic oxidation sites excluding steroid dienone is 5. The topological polar surface area (TPSA) is 83.8 Å². The van der Waals surface area contributed by atoms with Gasteiger partial charge in [0.25, 0.3) is 0 Å². The quantitative estimate of drug-likeness (QED) is 0.330. The highest BCUT2D eigenvalue weighted by molar-refractivity contribution is 5.92. The van der Waals surface area contributed by atoms with Crippen LogP contribution in [0, 0.1) is 45.8 Å². The Hall–Kier alpha value is -2.66. The molecule has 5 nitrogen and oxygen atoms in total. The van der Waals surface area contributed by atoms with E-state index in [9.17, 15) is 19.8 Å². The number of Topliss-reactive ketones (excluding diaryl/α,β-unsaturated/α-hetero) is 1. The summed E-state index contributed by atoms with van der Waals surface area (Å²) in [6, 6.07) is 4.16. The Kier molecular flexibility index (Phi) is 8.10. The maximum Gasteiger partial charge on any atom is 0.309 e. The third-order valence-corrected chi connectivity index (χ3v) is 14.3. The van der Waals surface area contributed by atoms with Crippen LogP contribution in [0.5, 0.6) is 5.75 Å². The van der Waals surface area contributed by atoms with Crippen molar-refractivity contribution in [2.24, 2.45) is 45.8 Å². The molecule has 6 rings (SSSR count). The van der Waals surface area contributed by atoms with Crippen molar-refractivity contribution in [2.45, 2.75) is 117 Å².